The van der Waals surface area contributed by atoms with Crippen molar-refractivity contribution in [2.24, 2.45) is 0 Å². The maximum Gasteiger partial charge on any atom is 0.236 e. The van der Waals surface area contributed by atoms with Crippen LogP contribution in [0.15, 0.2) is 0 Å². The number of amides is 1. The highest BCUT2D eigenvalue weighted by molar-refractivity contribution is 5.80. The summed E-state index contributed by atoms with van der Waals surface area (Å²) in [5, 5.41) is 5.96. The normalized spacial score (nSPS) is 37.1. The first-order valence-corrected chi connectivity index (χ1v) is 5.34. The quantitative estimate of drug-likeness (QED) is 0.672. The maximum atomic E-state index is 11.3. The minimum Gasteiger partial charge on any atom is -0.373 e. The largest absolute Gasteiger partial charge is 0.373 e. The average Bonchev–Trinajstić information content (AvgIpc) is 2.77. The van der Waals surface area contributed by atoms with Crippen LogP contribution in [0.25, 0.3) is 0 Å². The molecule has 2 saturated heterocycles. The Kier molecular flexibility index (Phi) is 2.74. The molecule has 14 heavy (non-hydrogen) atoms. The molecule has 2 aliphatic rings. The molecule has 4 atom stereocenters. The number of hydrogen-bond acceptors (Lipinski definition) is 3. The van der Waals surface area contributed by atoms with E-state index in [4.69, 9.17) is 4.74 Å². The van der Waals surface area contributed by atoms with Crippen molar-refractivity contribution in [3.8, 4) is 0 Å². The zero-order chi connectivity index (χ0) is 10.1. The van der Waals surface area contributed by atoms with Gasteiger partial charge in [-0.1, -0.05) is 0 Å². The van der Waals surface area contributed by atoms with Gasteiger partial charge in [-0.3, -0.25) is 4.79 Å². The summed E-state index contributed by atoms with van der Waals surface area (Å²) in [5.41, 5.74) is 0. The van der Waals surface area contributed by atoms with Crippen molar-refractivity contribution >= 4 is 5.91 Å². The van der Waals surface area contributed by atoms with Gasteiger partial charge >= 0.3 is 0 Å². The molecule has 2 heterocycles. The van der Waals surface area contributed by atoms with Crippen molar-refractivity contribution in [3.63, 3.8) is 0 Å². The standard InChI is InChI=1S/C10H18N2O2/c1-6(10(13)11-2)12-8-5-7-3-4-9(8)14-7/h6-9,12H,3-5H2,1-2H3,(H,11,13). The monoisotopic (exact) mass is 198 g/mol. The van der Waals surface area contributed by atoms with Gasteiger partial charge in [0, 0.05) is 13.1 Å². The number of fused-ring (bicyclic) bond motifs is 2. The highest BCUT2D eigenvalue weighted by atomic mass is 16.5. The highest BCUT2D eigenvalue weighted by Crippen LogP contribution is 2.34. The van der Waals surface area contributed by atoms with Crippen molar-refractivity contribution < 1.29 is 9.53 Å². The molecule has 4 heteroatoms. The van der Waals surface area contributed by atoms with Crippen LogP contribution in [0.3, 0.4) is 0 Å². The fraction of sp³-hybridized carbons (Fsp3) is 0.900. The Labute approximate surface area is 84.4 Å². The van der Waals surface area contributed by atoms with Gasteiger partial charge in [0.25, 0.3) is 0 Å². The molecule has 80 valence electrons. The lowest BCUT2D eigenvalue weighted by molar-refractivity contribution is -0.122. The molecule has 2 N–H and O–H groups in total. The predicted molar refractivity (Wildman–Crippen MR) is 53.0 cm³/mol. The Balaban J connectivity index is 1.83. The molecule has 4 nitrogen and oxygen atoms in total. The minimum absolute atomic E-state index is 0.0489. The predicted octanol–water partition coefficient (Wildman–Crippen LogP) is 0.0304. The van der Waals surface area contributed by atoms with Crippen LogP contribution < -0.4 is 10.6 Å². The molecule has 4 unspecified atom stereocenters. The Bertz CT molecular complexity index is 232. The molecule has 1 amide bonds. The van der Waals surface area contributed by atoms with Crippen molar-refractivity contribution in [1.82, 2.24) is 10.6 Å². The van der Waals surface area contributed by atoms with Crippen molar-refractivity contribution in [3.05, 3.63) is 0 Å². The van der Waals surface area contributed by atoms with Gasteiger partial charge in [-0.25, -0.2) is 0 Å². The summed E-state index contributed by atoms with van der Waals surface area (Å²) < 4.78 is 5.70. The first-order valence-electron chi connectivity index (χ1n) is 5.34. The van der Waals surface area contributed by atoms with Gasteiger partial charge in [0.15, 0.2) is 0 Å². The molecule has 0 aromatic rings. The van der Waals surface area contributed by atoms with Gasteiger partial charge in [-0.15, -0.1) is 0 Å². The number of carbonyl (C=O) groups excluding carboxylic acids is 1. The first kappa shape index (κ1) is 9.93. The number of hydrogen-bond donors (Lipinski definition) is 2. The Morgan fingerprint density at radius 2 is 2.29 bits per heavy atom. The second-order valence-corrected chi connectivity index (χ2v) is 4.22. The third-order valence-electron chi connectivity index (χ3n) is 3.21. The van der Waals surface area contributed by atoms with Crippen LogP contribution in [-0.4, -0.2) is 37.2 Å². The number of nitrogens with one attached hydrogen (secondary N) is 2. The van der Waals surface area contributed by atoms with E-state index in [2.05, 4.69) is 10.6 Å². The molecule has 0 aromatic heterocycles. The van der Waals surface area contributed by atoms with E-state index in [1.165, 1.54) is 6.42 Å². The van der Waals surface area contributed by atoms with E-state index in [-0.39, 0.29) is 11.9 Å². The summed E-state index contributed by atoms with van der Waals surface area (Å²) in [6, 6.07) is 0.258. The molecule has 0 radical (unpaired) electrons. The summed E-state index contributed by atoms with van der Waals surface area (Å²) in [4.78, 5) is 11.3. The minimum atomic E-state index is -0.118. The third-order valence-corrected chi connectivity index (χ3v) is 3.21. The maximum absolute atomic E-state index is 11.3. The molecule has 0 saturated carbocycles. The number of likely N-dealkylation sites (N-methyl/N-ethyl adjacent to an activating group) is 1. The van der Waals surface area contributed by atoms with Crippen LogP contribution in [0, 0.1) is 0 Å². The summed E-state index contributed by atoms with van der Waals surface area (Å²) in [7, 11) is 1.66. The van der Waals surface area contributed by atoms with Gasteiger partial charge in [-0.05, 0) is 26.2 Å². The van der Waals surface area contributed by atoms with Crippen LogP contribution in [-0.2, 0) is 9.53 Å². The smallest absolute Gasteiger partial charge is 0.236 e. The van der Waals surface area contributed by atoms with Crippen molar-refractivity contribution in [2.75, 3.05) is 7.05 Å². The van der Waals surface area contributed by atoms with E-state index in [1.54, 1.807) is 7.05 Å². The van der Waals surface area contributed by atoms with Crippen LogP contribution in [0.4, 0.5) is 0 Å². The molecule has 0 aromatic carbocycles. The Morgan fingerprint density at radius 3 is 2.79 bits per heavy atom. The fourth-order valence-corrected chi connectivity index (χ4v) is 2.43. The van der Waals surface area contributed by atoms with Gasteiger partial charge in [-0.2, -0.15) is 0 Å². The van der Waals surface area contributed by atoms with Crippen molar-refractivity contribution in [2.45, 2.75) is 50.5 Å². The van der Waals surface area contributed by atoms with E-state index in [9.17, 15) is 4.79 Å². The molecular formula is C10H18N2O2. The summed E-state index contributed by atoms with van der Waals surface area (Å²) in [6.07, 6.45) is 4.17. The SMILES string of the molecule is CNC(=O)C(C)NC1CC2CCC1O2. The lowest BCUT2D eigenvalue weighted by Gasteiger charge is -2.23. The van der Waals surface area contributed by atoms with Crippen LogP contribution in [0.5, 0.6) is 0 Å². The van der Waals surface area contributed by atoms with Gasteiger partial charge in [0.2, 0.25) is 5.91 Å². The second-order valence-electron chi connectivity index (χ2n) is 4.22. The van der Waals surface area contributed by atoms with E-state index >= 15 is 0 Å². The van der Waals surface area contributed by atoms with Crippen LogP contribution >= 0.6 is 0 Å². The fourth-order valence-electron chi connectivity index (χ4n) is 2.43. The molecule has 2 bridgehead atoms. The lowest BCUT2D eigenvalue weighted by atomic mass is 9.95. The van der Waals surface area contributed by atoms with Gasteiger partial charge in [0.1, 0.15) is 0 Å². The Morgan fingerprint density at radius 1 is 1.50 bits per heavy atom. The van der Waals surface area contributed by atoms with Gasteiger partial charge < -0.3 is 15.4 Å². The molecule has 0 aliphatic carbocycles. The summed E-state index contributed by atoms with van der Waals surface area (Å²) in [5.74, 6) is 0.0489. The van der Waals surface area contributed by atoms with Crippen LogP contribution in [0.1, 0.15) is 26.2 Å². The molecule has 0 spiro atoms. The molecule has 2 aliphatic heterocycles. The average molecular weight is 198 g/mol. The van der Waals surface area contributed by atoms with E-state index in [1.807, 2.05) is 6.92 Å². The number of rotatable bonds is 3. The van der Waals surface area contributed by atoms with E-state index in [0.717, 1.165) is 12.8 Å². The molecular weight excluding hydrogens is 180 g/mol. The lowest BCUT2D eigenvalue weighted by Crippen LogP contribution is -2.48. The van der Waals surface area contributed by atoms with Crippen molar-refractivity contribution in [1.29, 1.82) is 0 Å². The third kappa shape index (κ3) is 1.77. The summed E-state index contributed by atoms with van der Waals surface area (Å²) >= 11 is 0. The van der Waals surface area contributed by atoms with E-state index in [0.29, 0.717) is 18.2 Å². The Hall–Kier alpha value is -0.610. The molecule has 2 rings (SSSR count). The zero-order valence-corrected chi connectivity index (χ0v) is 8.75. The second kappa shape index (κ2) is 3.87. The zero-order valence-electron chi connectivity index (χ0n) is 8.75. The van der Waals surface area contributed by atoms with E-state index < -0.39 is 0 Å². The number of carbonyl (C=O) groups is 1. The van der Waals surface area contributed by atoms with Gasteiger partial charge in [0.05, 0.1) is 18.2 Å². The topological polar surface area (TPSA) is 50.4 Å². The summed E-state index contributed by atoms with van der Waals surface area (Å²) in [6.45, 7) is 1.89. The molecule has 2 fully saturated rings. The number of ether oxygens (including phenoxy) is 1. The highest BCUT2D eigenvalue weighted by Gasteiger charge is 2.41. The first-order chi connectivity index (χ1) is 6.70. The van der Waals surface area contributed by atoms with Crippen LogP contribution in [0.2, 0.25) is 0 Å².